The van der Waals surface area contributed by atoms with Crippen molar-refractivity contribution >= 4 is 0 Å². The first-order valence-electron chi connectivity index (χ1n) is 6.88. The Bertz CT molecular complexity index is 485. The zero-order valence-electron chi connectivity index (χ0n) is 12.0. The maximum atomic E-state index is 5.21. The summed E-state index contributed by atoms with van der Waals surface area (Å²) in [6, 6.07) is 19.2. The predicted molar refractivity (Wildman–Crippen MR) is 80.7 cm³/mol. The van der Waals surface area contributed by atoms with E-state index < -0.39 is 0 Å². The first kappa shape index (κ1) is 13.7. The van der Waals surface area contributed by atoms with Gasteiger partial charge in [0, 0.05) is 0 Å². The van der Waals surface area contributed by atoms with Gasteiger partial charge in [-0.25, -0.2) is 0 Å². The second-order valence-corrected chi connectivity index (χ2v) is 5.31. The Hall–Kier alpha value is -1.76. The van der Waals surface area contributed by atoms with Crippen LogP contribution in [0.15, 0.2) is 54.6 Å². The van der Waals surface area contributed by atoms with E-state index in [-0.39, 0.29) is 0 Å². The van der Waals surface area contributed by atoms with Crippen molar-refractivity contribution in [2.75, 3.05) is 7.11 Å². The van der Waals surface area contributed by atoms with Gasteiger partial charge in [-0.15, -0.1) is 0 Å². The molecule has 2 rings (SSSR count). The van der Waals surface area contributed by atoms with Crippen LogP contribution in [0.25, 0.3) is 0 Å². The lowest BCUT2D eigenvalue weighted by atomic mass is 9.83. The number of benzene rings is 2. The van der Waals surface area contributed by atoms with Gasteiger partial charge in [-0.3, -0.25) is 0 Å². The molecule has 0 heterocycles. The molecule has 0 bridgehead atoms. The van der Waals surface area contributed by atoms with Gasteiger partial charge < -0.3 is 4.74 Å². The standard InChI is InChI=1S/C18H22O/c1-14(2)18(16-7-5-4-6-8-16)13-15-9-11-17(19-3)12-10-15/h4-12,14,18H,13H2,1-3H3. The van der Waals surface area contributed by atoms with Crippen LogP contribution in [-0.4, -0.2) is 7.11 Å². The average Bonchev–Trinajstić information content (AvgIpc) is 2.46. The van der Waals surface area contributed by atoms with Gasteiger partial charge in [-0.2, -0.15) is 0 Å². The van der Waals surface area contributed by atoms with Crippen molar-refractivity contribution < 1.29 is 4.74 Å². The summed E-state index contributed by atoms with van der Waals surface area (Å²) < 4.78 is 5.21. The topological polar surface area (TPSA) is 9.23 Å². The third-order valence-electron chi connectivity index (χ3n) is 3.65. The van der Waals surface area contributed by atoms with Crippen molar-refractivity contribution in [1.82, 2.24) is 0 Å². The quantitative estimate of drug-likeness (QED) is 0.753. The maximum Gasteiger partial charge on any atom is 0.118 e. The molecule has 0 amide bonds. The second-order valence-electron chi connectivity index (χ2n) is 5.31. The van der Waals surface area contributed by atoms with Crippen LogP contribution in [-0.2, 0) is 6.42 Å². The molecule has 19 heavy (non-hydrogen) atoms. The molecule has 0 radical (unpaired) electrons. The smallest absolute Gasteiger partial charge is 0.118 e. The molecule has 2 aromatic carbocycles. The Morgan fingerprint density at radius 1 is 0.895 bits per heavy atom. The highest BCUT2D eigenvalue weighted by Gasteiger charge is 2.16. The van der Waals surface area contributed by atoms with Gasteiger partial charge in [-0.1, -0.05) is 56.3 Å². The molecule has 0 N–H and O–H groups in total. The van der Waals surface area contributed by atoms with Crippen LogP contribution in [0.4, 0.5) is 0 Å². The van der Waals surface area contributed by atoms with Crippen molar-refractivity contribution in [3.63, 3.8) is 0 Å². The molecule has 0 saturated carbocycles. The summed E-state index contributed by atoms with van der Waals surface area (Å²) in [6.07, 6.45) is 1.08. The molecule has 2 aromatic rings. The first-order valence-corrected chi connectivity index (χ1v) is 6.88. The second kappa shape index (κ2) is 6.42. The molecule has 0 saturated heterocycles. The van der Waals surface area contributed by atoms with E-state index in [1.165, 1.54) is 11.1 Å². The summed E-state index contributed by atoms with van der Waals surface area (Å²) in [7, 11) is 1.70. The highest BCUT2D eigenvalue weighted by atomic mass is 16.5. The monoisotopic (exact) mass is 254 g/mol. The van der Waals surface area contributed by atoms with E-state index in [1.54, 1.807) is 7.11 Å². The Balaban J connectivity index is 2.17. The fourth-order valence-electron chi connectivity index (χ4n) is 2.45. The van der Waals surface area contributed by atoms with E-state index in [0.717, 1.165) is 12.2 Å². The lowest BCUT2D eigenvalue weighted by Gasteiger charge is -2.21. The van der Waals surface area contributed by atoms with Crippen molar-refractivity contribution in [3.05, 3.63) is 65.7 Å². The summed E-state index contributed by atoms with van der Waals surface area (Å²) >= 11 is 0. The Labute approximate surface area is 116 Å². The van der Waals surface area contributed by atoms with Crippen LogP contribution in [0.2, 0.25) is 0 Å². The molecular weight excluding hydrogens is 232 g/mol. The van der Waals surface area contributed by atoms with Crippen LogP contribution in [0.5, 0.6) is 5.75 Å². The van der Waals surface area contributed by atoms with Crippen molar-refractivity contribution in [3.8, 4) is 5.75 Å². The van der Waals surface area contributed by atoms with E-state index >= 15 is 0 Å². The number of methoxy groups -OCH3 is 1. The molecular formula is C18H22O. The summed E-state index contributed by atoms with van der Waals surface area (Å²) in [6.45, 7) is 4.59. The molecule has 1 heteroatoms. The highest BCUT2D eigenvalue weighted by molar-refractivity contribution is 5.30. The van der Waals surface area contributed by atoms with Gasteiger partial charge >= 0.3 is 0 Å². The lowest BCUT2D eigenvalue weighted by molar-refractivity contribution is 0.414. The van der Waals surface area contributed by atoms with Gasteiger partial charge in [0.05, 0.1) is 7.11 Å². The van der Waals surface area contributed by atoms with E-state index in [0.29, 0.717) is 11.8 Å². The third-order valence-corrected chi connectivity index (χ3v) is 3.65. The molecule has 0 spiro atoms. The van der Waals surface area contributed by atoms with Crippen LogP contribution in [0, 0.1) is 5.92 Å². The minimum Gasteiger partial charge on any atom is -0.497 e. The lowest BCUT2D eigenvalue weighted by Crippen LogP contribution is -2.10. The Morgan fingerprint density at radius 3 is 2.05 bits per heavy atom. The molecule has 0 aromatic heterocycles. The minimum absolute atomic E-state index is 0.564. The summed E-state index contributed by atoms with van der Waals surface area (Å²) in [5, 5.41) is 0. The number of rotatable bonds is 5. The molecule has 0 fully saturated rings. The van der Waals surface area contributed by atoms with Crippen molar-refractivity contribution in [2.45, 2.75) is 26.2 Å². The number of hydrogen-bond donors (Lipinski definition) is 0. The zero-order valence-corrected chi connectivity index (χ0v) is 12.0. The fourth-order valence-corrected chi connectivity index (χ4v) is 2.45. The van der Waals surface area contributed by atoms with Gasteiger partial charge in [0.1, 0.15) is 5.75 Å². The van der Waals surface area contributed by atoms with Crippen LogP contribution in [0.1, 0.15) is 30.9 Å². The van der Waals surface area contributed by atoms with Crippen molar-refractivity contribution in [2.24, 2.45) is 5.92 Å². The van der Waals surface area contributed by atoms with Crippen LogP contribution >= 0.6 is 0 Å². The van der Waals surface area contributed by atoms with Gasteiger partial charge in [-0.05, 0) is 41.5 Å². The SMILES string of the molecule is COc1ccc(CC(c2ccccc2)C(C)C)cc1. The molecule has 0 aliphatic carbocycles. The minimum atomic E-state index is 0.564. The third kappa shape index (κ3) is 3.60. The van der Waals surface area contributed by atoms with Gasteiger partial charge in [0.15, 0.2) is 0 Å². The predicted octanol–water partition coefficient (Wildman–Crippen LogP) is 4.68. The molecule has 100 valence electrons. The summed E-state index contributed by atoms with van der Waals surface area (Å²) in [4.78, 5) is 0. The molecule has 1 atom stereocenters. The number of hydrogen-bond acceptors (Lipinski definition) is 1. The van der Waals surface area contributed by atoms with E-state index in [9.17, 15) is 0 Å². The largest absolute Gasteiger partial charge is 0.497 e. The summed E-state index contributed by atoms with van der Waals surface area (Å²) in [5.41, 5.74) is 2.79. The number of ether oxygens (including phenoxy) is 1. The zero-order chi connectivity index (χ0) is 13.7. The van der Waals surface area contributed by atoms with E-state index in [2.05, 4.69) is 56.3 Å². The fraction of sp³-hybridized carbons (Fsp3) is 0.333. The Kier molecular flexibility index (Phi) is 4.62. The molecule has 1 unspecified atom stereocenters. The normalized spacial score (nSPS) is 12.4. The van der Waals surface area contributed by atoms with Crippen LogP contribution < -0.4 is 4.74 Å². The van der Waals surface area contributed by atoms with Gasteiger partial charge in [0.25, 0.3) is 0 Å². The molecule has 1 nitrogen and oxygen atoms in total. The first-order chi connectivity index (χ1) is 9.20. The van der Waals surface area contributed by atoms with Crippen LogP contribution in [0.3, 0.4) is 0 Å². The maximum absolute atomic E-state index is 5.21. The molecule has 0 aliphatic rings. The molecule has 0 aliphatic heterocycles. The van der Waals surface area contributed by atoms with Crippen molar-refractivity contribution in [1.29, 1.82) is 0 Å². The summed E-state index contributed by atoms with van der Waals surface area (Å²) in [5.74, 6) is 2.11. The average molecular weight is 254 g/mol. The van der Waals surface area contributed by atoms with E-state index in [4.69, 9.17) is 4.74 Å². The van der Waals surface area contributed by atoms with E-state index in [1.807, 2.05) is 12.1 Å². The highest BCUT2D eigenvalue weighted by Crippen LogP contribution is 2.28. The van der Waals surface area contributed by atoms with Gasteiger partial charge in [0.2, 0.25) is 0 Å². The Morgan fingerprint density at radius 2 is 1.53 bits per heavy atom.